The molecule has 8 nitrogen and oxygen atoms in total. The fraction of sp³-hybridized carbons (Fsp3) is 0.650. The summed E-state index contributed by atoms with van der Waals surface area (Å²) in [6.45, 7) is 10.2. The molecule has 0 amide bonds. The summed E-state index contributed by atoms with van der Waals surface area (Å²) >= 11 is 0. The first-order valence-corrected chi connectivity index (χ1v) is 12.5. The quantitative estimate of drug-likeness (QED) is 0.295. The van der Waals surface area contributed by atoms with Gasteiger partial charge in [-0.2, -0.15) is 0 Å². The second kappa shape index (κ2) is 9.65. The number of methoxy groups -OCH3 is 1. The third-order valence-corrected chi connectivity index (χ3v) is 9.58. The number of esters is 1. The summed E-state index contributed by atoms with van der Waals surface area (Å²) in [5.41, 5.74) is 0.320. The van der Waals surface area contributed by atoms with Gasteiger partial charge in [-0.3, -0.25) is 4.58 Å². The molecule has 1 aromatic carbocycles. The Hall–Kier alpha value is -1.33. The molecule has 1 saturated heterocycles. The minimum Gasteiger partial charge on any atom is -0.453 e. The first-order valence-electron chi connectivity index (χ1n) is 9.59. The summed E-state index contributed by atoms with van der Waals surface area (Å²) in [4.78, 5) is 17.9. The number of aliphatic hydroxyl groups excluding tert-OH is 2. The van der Waals surface area contributed by atoms with E-state index in [9.17, 15) is 15.0 Å². The van der Waals surface area contributed by atoms with E-state index in [4.69, 9.17) is 23.7 Å². The van der Waals surface area contributed by atoms with Gasteiger partial charge in [0, 0.05) is 7.11 Å². The molecule has 0 unspecified atom stereocenters. The Kier molecular flexibility index (Phi) is 7.97. The van der Waals surface area contributed by atoms with Gasteiger partial charge < -0.3 is 24.4 Å². The second-order valence-corrected chi connectivity index (χ2v) is 13.3. The van der Waals surface area contributed by atoms with Crippen molar-refractivity contribution in [3.63, 3.8) is 0 Å². The largest absolute Gasteiger partial charge is 0.453 e. The van der Waals surface area contributed by atoms with E-state index in [1.165, 1.54) is 7.11 Å². The fourth-order valence-corrected chi connectivity index (χ4v) is 3.13. The fourth-order valence-electron chi connectivity index (χ4n) is 2.52. The third kappa shape index (κ3) is 5.85. The molecular weight excluding hydrogens is 396 g/mol. The van der Waals surface area contributed by atoms with Crippen LogP contribution in [-0.2, 0) is 23.7 Å². The minimum atomic E-state index is -2.18. The second-order valence-electron chi connectivity index (χ2n) is 8.62. The Morgan fingerprint density at radius 1 is 1.14 bits per heavy atom. The highest BCUT2D eigenvalue weighted by Crippen LogP contribution is 2.37. The molecule has 164 valence electrons. The molecule has 1 fully saturated rings. The Labute approximate surface area is 172 Å². The lowest BCUT2D eigenvalue weighted by Gasteiger charge is -2.41. The molecule has 1 aromatic rings. The van der Waals surface area contributed by atoms with Gasteiger partial charge in [-0.1, -0.05) is 39.0 Å². The Morgan fingerprint density at radius 3 is 2.31 bits per heavy atom. The summed E-state index contributed by atoms with van der Waals surface area (Å²) in [6, 6.07) is 8.37. The van der Waals surface area contributed by atoms with E-state index in [2.05, 4.69) is 20.8 Å². The van der Waals surface area contributed by atoms with Crippen molar-refractivity contribution in [3.8, 4) is 0 Å². The van der Waals surface area contributed by atoms with E-state index >= 15 is 0 Å². The van der Waals surface area contributed by atoms with Crippen molar-refractivity contribution < 1.29 is 38.7 Å². The zero-order valence-electron chi connectivity index (χ0n) is 17.8. The number of carbonyl (C=O) groups is 1. The first kappa shape index (κ1) is 23.9. The minimum absolute atomic E-state index is 0.0651. The summed E-state index contributed by atoms with van der Waals surface area (Å²) in [6.07, 6.45) is -5.94. The van der Waals surface area contributed by atoms with E-state index in [0.29, 0.717) is 5.56 Å². The van der Waals surface area contributed by atoms with Gasteiger partial charge in [0.25, 0.3) is 0 Å². The molecule has 29 heavy (non-hydrogen) atoms. The van der Waals surface area contributed by atoms with Crippen LogP contribution in [0.1, 0.15) is 31.1 Å². The van der Waals surface area contributed by atoms with Crippen LogP contribution in [0.2, 0.25) is 18.1 Å². The lowest BCUT2D eigenvalue weighted by molar-refractivity contribution is -0.320. The summed E-state index contributed by atoms with van der Waals surface area (Å²) in [5.74, 6) is -0.642. The number of hydrogen-bond acceptors (Lipinski definition) is 8. The van der Waals surface area contributed by atoms with E-state index < -0.39 is 45.0 Å². The van der Waals surface area contributed by atoms with Gasteiger partial charge >= 0.3 is 5.97 Å². The van der Waals surface area contributed by atoms with Gasteiger partial charge in [0.1, 0.15) is 24.9 Å². The van der Waals surface area contributed by atoms with Crippen LogP contribution in [0.15, 0.2) is 30.3 Å². The molecule has 5 atom stereocenters. The van der Waals surface area contributed by atoms with Crippen LogP contribution in [0.3, 0.4) is 0 Å². The standard InChI is InChI=1S/C20H32O8Si/c1-20(2,3)29(5,6)28-25-12-14-17(15(21)16(22)19(24-4)26-14)27-18(23)13-10-8-7-9-11-13/h7-11,14-17,19,21-22H,12H2,1-6H3/t14-,15-,16+,17-,19+/m1/s1. The molecule has 2 N–H and O–H groups in total. The van der Waals surface area contributed by atoms with Crippen molar-refractivity contribution >= 4 is 14.3 Å². The predicted molar refractivity (Wildman–Crippen MR) is 108 cm³/mol. The van der Waals surface area contributed by atoms with Crippen LogP contribution in [-0.4, -0.2) is 68.9 Å². The van der Waals surface area contributed by atoms with Crippen molar-refractivity contribution in [2.24, 2.45) is 0 Å². The van der Waals surface area contributed by atoms with Gasteiger partial charge in [-0.15, -0.1) is 0 Å². The SMILES string of the molecule is CO[C@H]1O[C@H](COO[Si](C)(C)C(C)(C)C)[C@@H](OC(=O)c2ccccc2)[C@H](O)[C@@H]1O. The Balaban J connectivity index is 2.11. The number of hydrogen-bond donors (Lipinski definition) is 2. The zero-order chi connectivity index (χ0) is 21.8. The number of aliphatic hydroxyl groups is 2. The molecule has 0 bridgehead atoms. The monoisotopic (exact) mass is 428 g/mol. The molecular formula is C20H32O8Si. The highest BCUT2D eigenvalue weighted by atomic mass is 28.4. The molecule has 0 radical (unpaired) electrons. The van der Waals surface area contributed by atoms with Gasteiger partial charge in [0.15, 0.2) is 12.4 Å². The van der Waals surface area contributed by atoms with E-state index in [1.807, 2.05) is 13.1 Å². The van der Waals surface area contributed by atoms with Crippen molar-refractivity contribution in [1.29, 1.82) is 0 Å². The molecule has 1 aliphatic rings. The Bertz CT molecular complexity index is 660. The average molecular weight is 429 g/mol. The van der Waals surface area contributed by atoms with E-state index in [-0.39, 0.29) is 11.6 Å². The zero-order valence-corrected chi connectivity index (χ0v) is 18.8. The normalized spacial score (nSPS) is 28.2. The molecule has 0 aliphatic carbocycles. The molecule has 1 heterocycles. The van der Waals surface area contributed by atoms with Crippen LogP contribution in [0, 0.1) is 0 Å². The average Bonchev–Trinajstić information content (AvgIpc) is 2.66. The van der Waals surface area contributed by atoms with Crippen molar-refractivity contribution in [2.45, 2.75) is 69.6 Å². The van der Waals surface area contributed by atoms with Crippen LogP contribution < -0.4 is 0 Å². The van der Waals surface area contributed by atoms with Crippen molar-refractivity contribution in [1.82, 2.24) is 0 Å². The Morgan fingerprint density at radius 2 is 1.76 bits per heavy atom. The molecule has 0 saturated carbocycles. The highest BCUT2D eigenvalue weighted by Gasteiger charge is 2.48. The molecule has 1 aliphatic heterocycles. The maximum Gasteiger partial charge on any atom is 0.338 e. The molecule has 9 heteroatoms. The number of benzene rings is 1. The van der Waals surface area contributed by atoms with Gasteiger partial charge in [0.2, 0.25) is 8.32 Å². The summed E-state index contributed by atoms with van der Waals surface area (Å²) < 4.78 is 21.9. The summed E-state index contributed by atoms with van der Waals surface area (Å²) in [5, 5.41) is 20.7. The van der Waals surface area contributed by atoms with Crippen molar-refractivity contribution in [3.05, 3.63) is 35.9 Å². The van der Waals surface area contributed by atoms with Gasteiger partial charge in [-0.25, -0.2) is 9.68 Å². The van der Waals surface area contributed by atoms with Gasteiger partial charge in [0.05, 0.1) is 5.56 Å². The smallest absolute Gasteiger partial charge is 0.338 e. The summed E-state index contributed by atoms with van der Waals surface area (Å²) in [7, 11) is -0.832. The maximum atomic E-state index is 12.5. The topological polar surface area (TPSA) is 104 Å². The van der Waals surface area contributed by atoms with Crippen LogP contribution in [0.25, 0.3) is 0 Å². The number of ether oxygens (including phenoxy) is 3. The maximum absolute atomic E-state index is 12.5. The highest BCUT2D eigenvalue weighted by molar-refractivity contribution is 6.73. The lowest BCUT2D eigenvalue weighted by atomic mass is 9.99. The predicted octanol–water partition coefficient (Wildman–Crippen LogP) is 2.26. The van der Waals surface area contributed by atoms with Crippen LogP contribution in [0.5, 0.6) is 0 Å². The lowest BCUT2D eigenvalue weighted by Crippen LogP contribution is -2.60. The van der Waals surface area contributed by atoms with E-state index in [1.54, 1.807) is 30.3 Å². The van der Waals surface area contributed by atoms with Crippen molar-refractivity contribution in [2.75, 3.05) is 13.7 Å². The molecule has 0 spiro atoms. The third-order valence-electron chi connectivity index (χ3n) is 5.43. The molecule has 0 aromatic heterocycles. The molecule has 2 rings (SSSR count). The van der Waals surface area contributed by atoms with Gasteiger partial charge in [-0.05, 0) is 30.3 Å². The first-order chi connectivity index (χ1) is 13.5. The number of carbonyl (C=O) groups excluding carboxylic acids is 1. The van der Waals surface area contributed by atoms with E-state index in [0.717, 1.165) is 0 Å². The van der Waals surface area contributed by atoms with Crippen LogP contribution >= 0.6 is 0 Å². The van der Waals surface area contributed by atoms with Crippen LogP contribution in [0.4, 0.5) is 0 Å². The number of rotatable bonds is 7.